The van der Waals surface area contributed by atoms with Gasteiger partial charge < -0.3 is 9.47 Å². The Labute approximate surface area is 141 Å². The van der Waals surface area contributed by atoms with E-state index in [1.165, 1.54) is 56.9 Å². The van der Waals surface area contributed by atoms with Crippen molar-refractivity contribution >= 4 is 0 Å². The Morgan fingerprint density at radius 1 is 0.913 bits per heavy atom. The summed E-state index contributed by atoms with van der Waals surface area (Å²) in [5.74, 6) is 3.66. The van der Waals surface area contributed by atoms with Crippen LogP contribution in [0.4, 0.5) is 0 Å². The molecule has 2 unspecified atom stereocenters. The van der Waals surface area contributed by atoms with E-state index < -0.39 is 0 Å². The molecule has 3 rings (SSSR count). The molecule has 0 bridgehead atoms. The number of hydrogen-bond donors (Lipinski definition) is 0. The molecule has 2 heteroatoms. The highest BCUT2D eigenvalue weighted by molar-refractivity contribution is 5.28. The first-order chi connectivity index (χ1) is 11.2. The fourth-order valence-electron chi connectivity index (χ4n) is 4.20. The standard InChI is InChI=1S/C21H32O2/c1-16-3-5-17(6-4-16)7-8-18-9-14-21(23-15-18)19-10-12-20(22-2)13-11-19/h10-13,16-18,21H,3-9,14-15H2,1-2H3. The Morgan fingerprint density at radius 2 is 1.57 bits per heavy atom. The van der Waals surface area contributed by atoms with Crippen molar-refractivity contribution in [1.82, 2.24) is 0 Å². The normalized spacial score (nSPS) is 31.7. The Balaban J connectivity index is 1.39. The maximum Gasteiger partial charge on any atom is 0.118 e. The zero-order chi connectivity index (χ0) is 16.1. The molecule has 1 saturated carbocycles. The van der Waals surface area contributed by atoms with Crippen molar-refractivity contribution in [3.8, 4) is 5.75 Å². The van der Waals surface area contributed by atoms with Crippen molar-refractivity contribution in [1.29, 1.82) is 0 Å². The van der Waals surface area contributed by atoms with Crippen LogP contribution in [0.3, 0.4) is 0 Å². The van der Waals surface area contributed by atoms with Crippen molar-refractivity contribution in [3.05, 3.63) is 29.8 Å². The lowest BCUT2D eigenvalue weighted by atomic mass is 9.79. The summed E-state index contributed by atoms with van der Waals surface area (Å²) < 4.78 is 11.4. The SMILES string of the molecule is COc1ccc(C2CCC(CCC3CCC(C)CC3)CO2)cc1. The van der Waals surface area contributed by atoms with Gasteiger partial charge in [-0.1, -0.05) is 51.2 Å². The molecule has 128 valence electrons. The van der Waals surface area contributed by atoms with Crippen LogP contribution in [-0.2, 0) is 4.74 Å². The summed E-state index contributed by atoms with van der Waals surface area (Å²) >= 11 is 0. The van der Waals surface area contributed by atoms with Gasteiger partial charge in [0.25, 0.3) is 0 Å². The minimum Gasteiger partial charge on any atom is -0.497 e. The molecule has 0 N–H and O–H groups in total. The highest BCUT2D eigenvalue weighted by atomic mass is 16.5. The summed E-state index contributed by atoms with van der Waals surface area (Å²) in [7, 11) is 1.71. The first-order valence-electron chi connectivity index (χ1n) is 9.50. The molecular formula is C21H32O2. The summed E-state index contributed by atoms with van der Waals surface area (Å²) in [6.07, 6.45) is 11.4. The van der Waals surface area contributed by atoms with Crippen molar-refractivity contribution < 1.29 is 9.47 Å². The van der Waals surface area contributed by atoms with Crippen LogP contribution in [0.1, 0.15) is 70.0 Å². The molecule has 1 aliphatic carbocycles. The topological polar surface area (TPSA) is 18.5 Å². The number of hydrogen-bond acceptors (Lipinski definition) is 2. The maximum absolute atomic E-state index is 6.17. The Hall–Kier alpha value is -1.02. The van der Waals surface area contributed by atoms with Crippen LogP contribution in [0, 0.1) is 17.8 Å². The van der Waals surface area contributed by atoms with E-state index in [2.05, 4.69) is 19.1 Å². The number of methoxy groups -OCH3 is 1. The van der Waals surface area contributed by atoms with Gasteiger partial charge in [0.05, 0.1) is 19.8 Å². The average Bonchev–Trinajstić information content (AvgIpc) is 2.62. The molecule has 23 heavy (non-hydrogen) atoms. The highest BCUT2D eigenvalue weighted by Crippen LogP contribution is 2.36. The molecule has 1 heterocycles. The third kappa shape index (κ3) is 4.73. The third-order valence-corrected chi connectivity index (χ3v) is 5.98. The molecule has 1 aromatic carbocycles. The Morgan fingerprint density at radius 3 is 2.17 bits per heavy atom. The van der Waals surface area contributed by atoms with Crippen LogP contribution in [-0.4, -0.2) is 13.7 Å². The fraction of sp³-hybridized carbons (Fsp3) is 0.714. The van der Waals surface area contributed by atoms with E-state index in [4.69, 9.17) is 9.47 Å². The third-order valence-electron chi connectivity index (χ3n) is 5.98. The molecule has 0 spiro atoms. The summed E-state index contributed by atoms with van der Waals surface area (Å²) in [4.78, 5) is 0. The fourth-order valence-corrected chi connectivity index (χ4v) is 4.20. The quantitative estimate of drug-likeness (QED) is 0.686. The molecule has 1 aromatic rings. The number of rotatable bonds is 5. The molecular weight excluding hydrogens is 284 g/mol. The summed E-state index contributed by atoms with van der Waals surface area (Å²) in [6.45, 7) is 3.35. The maximum atomic E-state index is 6.17. The first-order valence-corrected chi connectivity index (χ1v) is 9.50. The van der Waals surface area contributed by atoms with Gasteiger partial charge in [0.15, 0.2) is 0 Å². The molecule has 2 fully saturated rings. The van der Waals surface area contributed by atoms with E-state index in [0.717, 1.165) is 30.1 Å². The minimum atomic E-state index is 0.285. The number of ether oxygens (including phenoxy) is 2. The predicted molar refractivity (Wildman–Crippen MR) is 94.8 cm³/mol. The Bertz CT molecular complexity index is 451. The van der Waals surface area contributed by atoms with Gasteiger partial charge in [-0.25, -0.2) is 0 Å². The van der Waals surface area contributed by atoms with Gasteiger partial charge in [-0.3, -0.25) is 0 Å². The van der Waals surface area contributed by atoms with E-state index >= 15 is 0 Å². The van der Waals surface area contributed by atoms with Gasteiger partial charge in [0, 0.05) is 0 Å². The summed E-state index contributed by atoms with van der Waals surface area (Å²) in [5.41, 5.74) is 1.30. The molecule has 0 radical (unpaired) electrons. The van der Waals surface area contributed by atoms with Gasteiger partial charge in [-0.15, -0.1) is 0 Å². The molecule has 2 atom stereocenters. The van der Waals surface area contributed by atoms with E-state index in [1.807, 2.05) is 12.1 Å². The van der Waals surface area contributed by atoms with Gasteiger partial charge >= 0.3 is 0 Å². The lowest BCUT2D eigenvalue weighted by molar-refractivity contribution is -0.0211. The zero-order valence-corrected chi connectivity index (χ0v) is 14.8. The minimum absolute atomic E-state index is 0.285. The second kappa shape index (κ2) is 8.19. The second-order valence-corrected chi connectivity index (χ2v) is 7.74. The van der Waals surface area contributed by atoms with Crippen molar-refractivity contribution in [2.45, 2.75) is 64.4 Å². The molecule has 0 aromatic heterocycles. The van der Waals surface area contributed by atoms with E-state index in [0.29, 0.717) is 0 Å². The van der Waals surface area contributed by atoms with E-state index in [-0.39, 0.29) is 6.10 Å². The summed E-state index contributed by atoms with van der Waals surface area (Å²) in [6, 6.07) is 8.36. The Kier molecular flexibility index (Phi) is 5.99. The van der Waals surface area contributed by atoms with Gasteiger partial charge in [-0.2, -0.15) is 0 Å². The molecule has 0 amide bonds. The van der Waals surface area contributed by atoms with Gasteiger partial charge in [-0.05, 0) is 54.7 Å². The summed E-state index contributed by atoms with van der Waals surface area (Å²) in [5, 5.41) is 0. The average molecular weight is 316 g/mol. The molecule has 1 saturated heterocycles. The van der Waals surface area contributed by atoms with Crippen LogP contribution in [0.15, 0.2) is 24.3 Å². The zero-order valence-electron chi connectivity index (χ0n) is 14.8. The van der Waals surface area contributed by atoms with E-state index in [9.17, 15) is 0 Å². The van der Waals surface area contributed by atoms with Crippen LogP contribution >= 0.6 is 0 Å². The largest absolute Gasteiger partial charge is 0.497 e. The van der Waals surface area contributed by atoms with Crippen LogP contribution in [0.5, 0.6) is 5.75 Å². The second-order valence-electron chi connectivity index (χ2n) is 7.74. The van der Waals surface area contributed by atoms with Crippen molar-refractivity contribution in [2.24, 2.45) is 17.8 Å². The molecule has 1 aliphatic heterocycles. The number of benzene rings is 1. The van der Waals surface area contributed by atoms with Crippen molar-refractivity contribution in [3.63, 3.8) is 0 Å². The monoisotopic (exact) mass is 316 g/mol. The van der Waals surface area contributed by atoms with Crippen LogP contribution in [0.25, 0.3) is 0 Å². The highest BCUT2D eigenvalue weighted by Gasteiger charge is 2.25. The smallest absolute Gasteiger partial charge is 0.118 e. The van der Waals surface area contributed by atoms with Gasteiger partial charge in [0.2, 0.25) is 0 Å². The van der Waals surface area contributed by atoms with Crippen LogP contribution < -0.4 is 4.74 Å². The first kappa shape index (κ1) is 16.8. The van der Waals surface area contributed by atoms with E-state index in [1.54, 1.807) is 7.11 Å². The van der Waals surface area contributed by atoms with Crippen molar-refractivity contribution in [2.75, 3.05) is 13.7 Å². The van der Waals surface area contributed by atoms with Gasteiger partial charge in [0.1, 0.15) is 5.75 Å². The van der Waals surface area contributed by atoms with Crippen LogP contribution in [0.2, 0.25) is 0 Å². The molecule has 2 nitrogen and oxygen atoms in total. The predicted octanol–water partition coefficient (Wildman–Crippen LogP) is 5.77. The lowest BCUT2D eigenvalue weighted by Gasteiger charge is -2.31. The molecule has 2 aliphatic rings. The lowest BCUT2D eigenvalue weighted by Crippen LogP contribution is -2.22.